The molecule has 9 heteroatoms. The van der Waals surface area contributed by atoms with E-state index in [1.807, 2.05) is 6.07 Å². The molecule has 0 fully saturated rings. The number of pyridine rings is 1. The zero-order valence-corrected chi connectivity index (χ0v) is 15.2. The Labute approximate surface area is 164 Å². The van der Waals surface area contributed by atoms with Gasteiger partial charge >= 0.3 is 5.97 Å². The van der Waals surface area contributed by atoms with Crippen molar-refractivity contribution >= 4 is 22.6 Å². The lowest BCUT2D eigenvalue weighted by molar-refractivity contribution is -0.135. The minimum Gasteiger partial charge on any atom is -0.505 e. The number of fused-ring (bicyclic) bond motifs is 1. The van der Waals surface area contributed by atoms with Crippen molar-refractivity contribution in [2.45, 2.75) is 0 Å². The molecule has 3 rings (SSSR count). The predicted octanol–water partition coefficient (Wildman–Crippen LogP) is 2.43. The van der Waals surface area contributed by atoms with Crippen LogP contribution in [0.2, 0.25) is 0 Å². The number of carbonyl (C=O) groups excluding carboxylic acids is 1. The Morgan fingerprint density at radius 3 is 2.38 bits per heavy atom. The average Bonchev–Trinajstić information content (AvgIpc) is 2.73. The molecule has 0 aliphatic heterocycles. The maximum absolute atomic E-state index is 12.1. The minimum atomic E-state index is -1.25. The number of hydrogen-bond donors (Lipinski definition) is 3. The number of nitrogens with one attached hydrogen (secondary N) is 1. The predicted molar refractivity (Wildman–Crippen MR) is 101 cm³/mol. The van der Waals surface area contributed by atoms with Crippen LogP contribution >= 0.6 is 0 Å². The molecule has 0 atom stereocenters. The van der Waals surface area contributed by atoms with Crippen molar-refractivity contribution in [3.05, 3.63) is 53.9 Å². The number of carbonyl (C=O) groups is 2. The first-order valence-electron chi connectivity index (χ1n) is 8.31. The van der Waals surface area contributed by atoms with Gasteiger partial charge in [-0.05, 0) is 42.5 Å². The molecule has 0 bridgehead atoms. The molecule has 0 unspecified atom stereocenters. The van der Waals surface area contributed by atoms with Crippen LogP contribution in [0, 0.1) is 11.3 Å². The largest absolute Gasteiger partial charge is 0.505 e. The molecule has 9 nitrogen and oxygen atoms in total. The standard InChI is InChI=1S/C20H15N3O6/c1-28-11-2-4-12(5-3-11)29-13-6-7-14-15(8-13)16(9-21)23-18(19(14)26)20(27)22-10-17(24)25/h2-8,26H,10H2,1H3,(H,22,27)(H,24,25). The van der Waals surface area contributed by atoms with Crippen LogP contribution < -0.4 is 14.8 Å². The quantitative estimate of drug-likeness (QED) is 0.580. The molecule has 0 saturated carbocycles. The molecule has 1 amide bonds. The van der Waals surface area contributed by atoms with Gasteiger partial charge in [-0.3, -0.25) is 9.59 Å². The van der Waals surface area contributed by atoms with Crippen molar-refractivity contribution in [2.24, 2.45) is 0 Å². The molecule has 1 aromatic heterocycles. The van der Waals surface area contributed by atoms with E-state index in [2.05, 4.69) is 10.3 Å². The third kappa shape index (κ3) is 4.17. The average molecular weight is 393 g/mol. The first kappa shape index (κ1) is 19.4. The molecule has 0 radical (unpaired) electrons. The monoisotopic (exact) mass is 393 g/mol. The molecule has 0 spiro atoms. The van der Waals surface area contributed by atoms with Gasteiger partial charge < -0.3 is 25.0 Å². The van der Waals surface area contributed by atoms with E-state index >= 15 is 0 Å². The van der Waals surface area contributed by atoms with Gasteiger partial charge in [0.15, 0.2) is 11.4 Å². The topological polar surface area (TPSA) is 142 Å². The van der Waals surface area contributed by atoms with Crippen LogP contribution in [0.4, 0.5) is 0 Å². The van der Waals surface area contributed by atoms with Gasteiger partial charge in [0.25, 0.3) is 5.91 Å². The van der Waals surface area contributed by atoms with Gasteiger partial charge in [-0.25, -0.2) is 4.98 Å². The number of rotatable bonds is 6. The maximum atomic E-state index is 12.1. The van der Waals surface area contributed by atoms with E-state index in [9.17, 15) is 20.0 Å². The summed E-state index contributed by atoms with van der Waals surface area (Å²) in [6, 6.07) is 13.3. The molecular weight excluding hydrogens is 378 g/mol. The number of carboxylic acids is 1. The van der Waals surface area contributed by atoms with Gasteiger partial charge in [0.1, 0.15) is 35.6 Å². The molecule has 2 aromatic carbocycles. The normalized spacial score (nSPS) is 10.2. The van der Waals surface area contributed by atoms with Crippen LogP contribution in [-0.2, 0) is 4.79 Å². The lowest BCUT2D eigenvalue weighted by atomic mass is 10.1. The first-order chi connectivity index (χ1) is 13.9. The fraction of sp³-hybridized carbons (Fsp3) is 0.100. The summed E-state index contributed by atoms with van der Waals surface area (Å²) in [5.74, 6) is -1.02. The second-order valence-corrected chi connectivity index (χ2v) is 5.83. The number of aromatic hydroxyl groups is 1. The lowest BCUT2D eigenvalue weighted by Gasteiger charge is -2.11. The highest BCUT2D eigenvalue weighted by Gasteiger charge is 2.20. The Balaban J connectivity index is 1.97. The van der Waals surface area contributed by atoms with E-state index in [0.29, 0.717) is 17.2 Å². The number of benzene rings is 2. The number of hydrogen-bond acceptors (Lipinski definition) is 7. The fourth-order valence-electron chi connectivity index (χ4n) is 2.60. The highest BCUT2D eigenvalue weighted by Crippen LogP contribution is 2.33. The summed E-state index contributed by atoms with van der Waals surface area (Å²) >= 11 is 0. The van der Waals surface area contributed by atoms with E-state index < -0.39 is 29.9 Å². The maximum Gasteiger partial charge on any atom is 0.322 e. The SMILES string of the molecule is COc1ccc(Oc2ccc3c(O)c(C(=O)NCC(=O)O)nc(C#N)c3c2)cc1. The first-order valence-corrected chi connectivity index (χ1v) is 8.31. The van der Waals surface area contributed by atoms with E-state index in [-0.39, 0.29) is 16.5 Å². The number of methoxy groups -OCH3 is 1. The minimum absolute atomic E-state index is 0.113. The van der Waals surface area contributed by atoms with Gasteiger partial charge in [-0.2, -0.15) is 5.26 Å². The summed E-state index contributed by atoms with van der Waals surface area (Å²) in [6.45, 7) is -0.644. The molecule has 0 aliphatic carbocycles. The highest BCUT2D eigenvalue weighted by atomic mass is 16.5. The summed E-state index contributed by atoms with van der Waals surface area (Å²) in [7, 11) is 1.55. The van der Waals surface area contributed by atoms with Crippen LogP contribution in [0.1, 0.15) is 16.2 Å². The molecule has 3 N–H and O–H groups in total. The van der Waals surface area contributed by atoms with Crippen molar-refractivity contribution in [1.29, 1.82) is 5.26 Å². The third-order valence-corrected chi connectivity index (χ3v) is 3.97. The summed E-state index contributed by atoms with van der Waals surface area (Å²) in [6.07, 6.45) is 0. The van der Waals surface area contributed by atoms with Crippen molar-refractivity contribution in [3.8, 4) is 29.1 Å². The highest BCUT2D eigenvalue weighted by molar-refractivity contribution is 6.03. The Kier molecular flexibility index (Phi) is 5.46. The van der Waals surface area contributed by atoms with Crippen LogP contribution in [0.3, 0.4) is 0 Å². The van der Waals surface area contributed by atoms with Crippen molar-refractivity contribution < 1.29 is 29.3 Å². The number of amides is 1. The molecule has 0 saturated heterocycles. The second-order valence-electron chi connectivity index (χ2n) is 5.83. The molecule has 146 valence electrons. The Bertz CT molecular complexity index is 1140. The van der Waals surface area contributed by atoms with E-state index in [1.54, 1.807) is 37.4 Å². The Hall–Kier alpha value is -4.32. The zero-order valence-electron chi connectivity index (χ0n) is 15.2. The lowest BCUT2D eigenvalue weighted by Crippen LogP contribution is -2.30. The molecular formula is C20H15N3O6. The van der Waals surface area contributed by atoms with Crippen molar-refractivity contribution in [1.82, 2.24) is 10.3 Å². The number of nitrogens with zero attached hydrogens (tertiary/aromatic N) is 2. The van der Waals surface area contributed by atoms with Crippen LogP contribution in [0.15, 0.2) is 42.5 Å². The van der Waals surface area contributed by atoms with Gasteiger partial charge in [0.2, 0.25) is 0 Å². The van der Waals surface area contributed by atoms with Gasteiger partial charge in [-0.15, -0.1) is 0 Å². The molecule has 0 aliphatic rings. The van der Waals surface area contributed by atoms with Crippen molar-refractivity contribution in [2.75, 3.05) is 13.7 Å². The number of ether oxygens (including phenoxy) is 2. The number of nitriles is 1. The van der Waals surface area contributed by atoms with Gasteiger partial charge in [0, 0.05) is 10.8 Å². The summed E-state index contributed by atoms with van der Waals surface area (Å²) in [4.78, 5) is 26.6. The number of aliphatic carboxylic acids is 1. The molecule has 1 heterocycles. The Morgan fingerprint density at radius 1 is 1.10 bits per heavy atom. The number of aromatic nitrogens is 1. The van der Waals surface area contributed by atoms with Crippen LogP contribution in [0.5, 0.6) is 23.0 Å². The second kappa shape index (κ2) is 8.14. The third-order valence-electron chi connectivity index (χ3n) is 3.97. The molecule has 29 heavy (non-hydrogen) atoms. The van der Waals surface area contributed by atoms with Crippen molar-refractivity contribution in [3.63, 3.8) is 0 Å². The molecule has 3 aromatic rings. The van der Waals surface area contributed by atoms with Crippen LogP contribution in [-0.4, -0.2) is 40.7 Å². The van der Waals surface area contributed by atoms with E-state index in [4.69, 9.17) is 14.6 Å². The number of carboxylic acid groups (broad SMARTS) is 1. The summed E-state index contributed by atoms with van der Waals surface area (Å²) < 4.78 is 10.8. The van der Waals surface area contributed by atoms with E-state index in [0.717, 1.165) is 0 Å². The smallest absolute Gasteiger partial charge is 0.322 e. The van der Waals surface area contributed by atoms with Gasteiger partial charge in [-0.1, -0.05) is 0 Å². The van der Waals surface area contributed by atoms with Crippen LogP contribution in [0.25, 0.3) is 10.8 Å². The fourth-order valence-corrected chi connectivity index (χ4v) is 2.60. The van der Waals surface area contributed by atoms with E-state index in [1.165, 1.54) is 12.1 Å². The zero-order chi connectivity index (χ0) is 21.0. The van der Waals surface area contributed by atoms with Gasteiger partial charge in [0.05, 0.1) is 7.11 Å². The summed E-state index contributed by atoms with van der Waals surface area (Å²) in [5, 5.41) is 31.1. The Morgan fingerprint density at radius 2 is 1.76 bits per heavy atom. The summed E-state index contributed by atoms with van der Waals surface area (Å²) in [5.41, 5.74) is -0.544.